The highest BCUT2D eigenvalue weighted by Crippen LogP contribution is 2.33. The molecule has 0 radical (unpaired) electrons. The number of hydrogen-bond donors (Lipinski definition) is 1. The number of benzene rings is 1. The number of aromatic nitrogens is 1. The summed E-state index contributed by atoms with van der Waals surface area (Å²) in [7, 11) is 1.60. The molecule has 3 nitrogen and oxygen atoms in total. The Kier molecular flexibility index (Phi) is 4.40. The molecule has 1 heterocycles. The van der Waals surface area contributed by atoms with Gasteiger partial charge in [-0.25, -0.2) is 4.98 Å². The Morgan fingerprint density at radius 2 is 1.84 bits per heavy atom. The van der Waals surface area contributed by atoms with Gasteiger partial charge in [0.25, 0.3) is 0 Å². The van der Waals surface area contributed by atoms with E-state index >= 15 is 0 Å². The maximum atomic E-state index is 6.08. The molecule has 19 heavy (non-hydrogen) atoms. The zero-order valence-electron chi connectivity index (χ0n) is 10.3. The fourth-order valence-corrected chi connectivity index (χ4v) is 2.12. The summed E-state index contributed by atoms with van der Waals surface area (Å²) in [5, 5.41) is 3.98. The maximum absolute atomic E-state index is 6.08. The van der Waals surface area contributed by atoms with Gasteiger partial charge in [0.2, 0.25) is 0 Å². The van der Waals surface area contributed by atoms with Crippen molar-refractivity contribution in [1.29, 1.82) is 0 Å². The van der Waals surface area contributed by atoms with Crippen molar-refractivity contribution in [3.8, 4) is 5.75 Å². The molecule has 1 aromatic heterocycles. The number of anilines is 2. The van der Waals surface area contributed by atoms with E-state index in [2.05, 4.69) is 10.3 Å². The fraction of sp³-hybridized carbons (Fsp3) is 0.154. The quantitative estimate of drug-likeness (QED) is 0.799. The van der Waals surface area contributed by atoms with E-state index < -0.39 is 0 Å². The normalized spacial score (nSPS) is 10.4. The molecule has 0 amide bonds. The second-order valence-electron chi connectivity index (χ2n) is 3.92. The van der Waals surface area contributed by atoms with Gasteiger partial charge in [-0.05, 0) is 30.7 Å². The summed E-state index contributed by atoms with van der Waals surface area (Å²) in [5.74, 6) is 1.12. The summed E-state index contributed by atoms with van der Waals surface area (Å²) in [6.07, 6.45) is 0. The lowest BCUT2D eigenvalue weighted by Gasteiger charge is -2.13. The van der Waals surface area contributed by atoms with E-state index in [9.17, 15) is 0 Å². The molecule has 2 aromatic rings. The Bertz CT molecular complexity index is 617. The average molecular weight is 318 g/mol. The van der Waals surface area contributed by atoms with Crippen molar-refractivity contribution < 1.29 is 4.74 Å². The van der Waals surface area contributed by atoms with Gasteiger partial charge in [0, 0.05) is 0 Å². The lowest BCUT2D eigenvalue weighted by molar-refractivity contribution is 0.416. The van der Waals surface area contributed by atoms with E-state index in [4.69, 9.17) is 39.5 Å². The summed E-state index contributed by atoms with van der Waals surface area (Å²) in [6, 6.07) is 7.29. The Morgan fingerprint density at radius 1 is 1.11 bits per heavy atom. The highest BCUT2D eigenvalue weighted by atomic mass is 35.5. The summed E-state index contributed by atoms with van der Waals surface area (Å²) < 4.78 is 5.27. The van der Waals surface area contributed by atoms with E-state index in [1.807, 2.05) is 25.1 Å². The Hall–Kier alpha value is -1.16. The van der Waals surface area contributed by atoms with Crippen molar-refractivity contribution in [2.24, 2.45) is 0 Å². The monoisotopic (exact) mass is 316 g/mol. The number of nitrogens with one attached hydrogen (secondary N) is 1. The lowest BCUT2D eigenvalue weighted by Crippen LogP contribution is -1.98. The second kappa shape index (κ2) is 5.87. The van der Waals surface area contributed by atoms with E-state index in [0.29, 0.717) is 21.6 Å². The third-order valence-electron chi connectivity index (χ3n) is 2.49. The van der Waals surface area contributed by atoms with Crippen molar-refractivity contribution in [1.82, 2.24) is 4.98 Å². The number of ether oxygens (including phenoxy) is 1. The molecule has 0 aliphatic rings. The van der Waals surface area contributed by atoms with E-state index in [1.165, 1.54) is 0 Å². The molecule has 0 saturated heterocycles. The van der Waals surface area contributed by atoms with Gasteiger partial charge in [-0.15, -0.1) is 0 Å². The minimum Gasteiger partial charge on any atom is -0.495 e. The number of rotatable bonds is 3. The van der Waals surface area contributed by atoms with Gasteiger partial charge in [0.15, 0.2) is 5.82 Å². The minimum atomic E-state index is 0.195. The van der Waals surface area contributed by atoms with Crippen LogP contribution in [-0.2, 0) is 0 Å². The molecule has 0 saturated carbocycles. The number of hydrogen-bond acceptors (Lipinski definition) is 3. The zero-order chi connectivity index (χ0) is 14.0. The van der Waals surface area contributed by atoms with Crippen LogP contribution in [-0.4, -0.2) is 12.1 Å². The lowest BCUT2D eigenvalue weighted by atomic mass is 10.2. The van der Waals surface area contributed by atoms with Crippen LogP contribution in [0.4, 0.5) is 11.5 Å². The Labute approximate surface area is 126 Å². The van der Waals surface area contributed by atoms with Crippen LogP contribution in [0.1, 0.15) is 5.56 Å². The summed E-state index contributed by atoms with van der Waals surface area (Å²) >= 11 is 17.8. The van der Waals surface area contributed by atoms with Gasteiger partial charge in [-0.1, -0.05) is 40.9 Å². The summed E-state index contributed by atoms with van der Waals surface area (Å²) in [5.41, 5.74) is 1.84. The van der Waals surface area contributed by atoms with E-state index in [0.717, 1.165) is 11.3 Å². The van der Waals surface area contributed by atoms with Crippen LogP contribution in [0, 0.1) is 6.92 Å². The second-order valence-corrected chi connectivity index (χ2v) is 5.09. The molecule has 1 N–H and O–H groups in total. The Balaban J connectivity index is 2.41. The van der Waals surface area contributed by atoms with Crippen LogP contribution in [0.25, 0.3) is 0 Å². The molecule has 0 aliphatic heterocycles. The maximum Gasteiger partial charge on any atom is 0.151 e. The van der Waals surface area contributed by atoms with E-state index in [-0.39, 0.29) is 5.15 Å². The third-order valence-corrected chi connectivity index (χ3v) is 3.46. The van der Waals surface area contributed by atoms with Crippen molar-refractivity contribution in [2.75, 3.05) is 12.4 Å². The summed E-state index contributed by atoms with van der Waals surface area (Å²) in [6.45, 7) is 1.98. The van der Waals surface area contributed by atoms with Gasteiger partial charge in [0.05, 0.1) is 22.8 Å². The first-order valence-electron chi connectivity index (χ1n) is 5.44. The van der Waals surface area contributed by atoms with Crippen LogP contribution in [0.5, 0.6) is 5.75 Å². The van der Waals surface area contributed by atoms with Crippen LogP contribution in [0.15, 0.2) is 24.3 Å². The smallest absolute Gasteiger partial charge is 0.151 e. The largest absolute Gasteiger partial charge is 0.495 e. The number of pyridine rings is 1. The SMILES string of the molecule is COc1ccc(C)cc1Nc1nc(Cl)c(Cl)cc1Cl. The van der Waals surface area contributed by atoms with Crippen molar-refractivity contribution in [2.45, 2.75) is 6.92 Å². The van der Waals surface area contributed by atoms with Crippen LogP contribution in [0.3, 0.4) is 0 Å². The predicted molar refractivity (Wildman–Crippen MR) is 80.3 cm³/mol. The van der Waals surface area contributed by atoms with Gasteiger partial charge in [-0.2, -0.15) is 0 Å². The average Bonchev–Trinajstić information content (AvgIpc) is 2.36. The van der Waals surface area contributed by atoms with Crippen molar-refractivity contribution in [3.63, 3.8) is 0 Å². The minimum absolute atomic E-state index is 0.195. The molecule has 2 rings (SSSR count). The molecular weight excluding hydrogens is 307 g/mol. The molecule has 0 bridgehead atoms. The molecule has 0 fully saturated rings. The predicted octanol–water partition coefficient (Wildman–Crippen LogP) is 5.10. The van der Waals surface area contributed by atoms with E-state index in [1.54, 1.807) is 13.2 Å². The van der Waals surface area contributed by atoms with Crippen molar-refractivity contribution in [3.05, 3.63) is 45.0 Å². The highest BCUT2D eigenvalue weighted by Gasteiger charge is 2.10. The Morgan fingerprint density at radius 3 is 2.53 bits per heavy atom. The molecule has 0 aliphatic carbocycles. The molecule has 1 aromatic carbocycles. The zero-order valence-corrected chi connectivity index (χ0v) is 12.6. The van der Waals surface area contributed by atoms with Crippen LogP contribution in [0.2, 0.25) is 15.2 Å². The van der Waals surface area contributed by atoms with Crippen LogP contribution < -0.4 is 10.1 Å². The first-order valence-corrected chi connectivity index (χ1v) is 6.58. The number of halogens is 3. The number of nitrogens with zero attached hydrogens (tertiary/aromatic N) is 1. The van der Waals surface area contributed by atoms with Gasteiger partial charge in [-0.3, -0.25) is 0 Å². The van der Waals surface area contributed by atoms with Gasteiger partial charge >= 0.3 is 0 Å². The van der Waals surface area contributed by atoms with Gasteiger partial charge < -0.3 is 10.1 Å². The first kappa shape index (κ1) is 14.3. The molecule has 0 atom stereocenters. The molecule has 6 heteroatoms. The van der Waals surface area contributed by atoms with Crippen LogP contribution >= 0.6 is 34.8 Å². The van der Waals surface area contributed by atoms with Gasteiger partial charge in [0.1, 0.15) is 10.9 Å². The molecule has 100 valence electrons. The number of methoxy groups -OCH3 is 1. The van der Waals surface area contributed by atoms with Crippen molar-refractivity contribution >= 4 is 46.3 Å². The molecule has 0 unspecified atom stereocenters. The highest BCUT2D eigenvalue weighted by molar-refractivity contribution is 6.43. The topological polar surface area (TPSA) is 34.1 Å². The fourth-order valence-electron chi connectivity index (χ4n) is 1.58. The number of aryl methyl sites for hydroxylation is 1. The molecular formula is C13H11Cl3N2O. The first-order chi connectivity index (χ1) is 9.01. The summed E-state index contributed by atoms with van der Waals surface area (Å²) in [4.78, 5) is 4.11. The molecule has 0 spiro atoms. The third kappa shape index (κ3) is 3.24. The standard InChI is InChI=1S/C13H11Cl3N2O/c1-7-3-4-11(19-2)10(5-7)17-13-9(15)6-8(14)12(16)18-13/h3-6H,1-2H3,(H,17,18).